The molecule has 6 heteroatoms. The summed E-state index contributed by atoms with van der Waals surface area (Å²) in [6, 6.07) is 66.8. The van der Waals surface area contributed by atoms with Crippen LogP contribution in [0.25, 0.3) is 105 Å². The zero-order valence-electron chi connectivity index (χ0n) is 30.0. The summed E-state index contributed by atoms with van der Waals surface area (Å²) < 4.78 is 13.3. The molecule has 0 amide bonds. The van der Waals surface area contributed by atoms with Crippen molar-refractivity contribution in [3.8, 4) is 40.0 Å². The molecule has 4 aromatic heterocycles. The van der Waals surface area contributed by atoms with Gasteiger partial charge >= 0.3 is 0 Å². The number of fused-ring (bicyclic) bond motifs is 9. The lowest BCUT2D eigenvalue weighted by molar-refractivity contribution is 0.584. The molecule has 4 heterocycles. The van der Waals surface area contributed by atoms with E-state index in [1.165, 1.54) is 54.4 Å². The Morgan fingerprint density at radius 1 is 0.286 bits per heavy atom. The van der Waals surface area contributed by atoms with Crippen molar-refractivity contribution >= 4 is 65.4 Å². The number of hydrogen-bond donors (Lipinski definition) is 0. The molecule has 8 aromatic carbocycles. The SMILES string of the molecule is c1ccc(-c2nnc(-c3ccc(-n4c5ccc(-n6c7ccccc7c7ccccc76)cc5c5cc(-n6c7ccccc7c7ccccc76)ccc54)cc3)o2)cc1. The Labute approximate surface area is 320 Å². The van der Waals surface area contributed by atoms with Crippen molar-refractivity contribution < 1.29 is 4.42 Å². The normalized spacial score (nSPS) is 11.9. The summed E-state index contributed by atoms with van der Waals surface area (Å²) in [4.78, 5) is 0. The minimum atomic E-state index is 0.490. The third kappa shape index (κ3) is 4.50. The van der Waals surface area contributed by atoms with Gasteiger partial charge in [0.2, 0.25) is 11.8 Å². The monoisotopic (exact) mass is 717 g/mol. The quantitative estimate of drug-likeness (QED) is 0.178. The molecule has 0 unspecified atom stereocenters. The first kappa shape index (κ1) is 30.7. The van der Waals surface area contributed by atoms with Crippen LogP contribution in [0.2, 0.25) is 0 Å². The lowest BCUT2D eigenvalue weighted by Gasteiger charge is -2.11. The van der Waals surface area contributed by atoms with E-state index in [-0.39, 0.29) is 0 Å². The second kappa shape index (κ2) is 11.9. The number of benzene rings is 8. The smallest absolute Gasteiger partial charge is 0.248 e. The average molecular weight is 718 g/mol. The minimum absolute atomic E-state index is 0.490. The van der Waals surface area contributed by atoms with E-state index in [0.717, 1.165) is 39.2 Å². The lowest BCUT2D eigenvalue weighted by atomic mass is 10.1. The van der Waals surface area contributed by atoms with E-state index in [9.17, 15) is 0 Å². The summed E-state index contributed by atoms with van der Waals surface area (Å²) in [6.07, 6.45) is 0. The molecule has 0 aliphatic rings. The van der Waals surface area contributed by atoms with Crippen molar-refractivity contribution in [3.05, 3.63) is 188 Å². The van der Waals surface area contributed by atoms with Gasteiger partial charge < -0.3 is 18.1 Å². The van der Waals surface area contributed by atoms with Crippen LogP contribution in [-0.2, 0) is 0 Å². The van der Waals surface area contributed by atoms with Crippen LogP contribution in [0.4, 0.5) is 0 Å². The summed E-state index contributed by atoms with van der Waals surface area (Å²) in [5, 5.41) is 16.0. The summed E-state index contributed by atoms with van der Waals surface area (Å²) in [5.74, 6) is 0.995. The molecule has 0 atom stereocenters. The molecule has 0 N–H and O–H groups in total. The van der Waals surface area contributed by atoms with E-state index < -0.39 is 0 Å². The van der Waals surface area contributed by atoms with Crippen LogP contribution >= 0.6 is 0 Å². The molecule has 12 aromatic rings. The molecule has 0 spiro atoms. The highest BCUT2D eigenvalue weighted by Gasteiger charge is 2.19. The zero-order chi connectivity index (χ0) is 36.7. The van der Waals surface area contributed by atoms with Crippen LogP contribution in [0.15, 0.2) is 192 Å². The lowest BCUT2D eigenvalue weighted by Crippen LogP contribution is -1.96. The van der Waals surface area contributed by atoms with Gasteiger partial charge in [0.05, 0.1) is 33.1 Å². The number of para-hydroxylation sites is 4. The van der Waals surface area contributed by atoms with Crippen molar-refractivity contribution in [2.24, 2.45) is 0 Å². The van der Waals surface area contributed by atoms with Crippen LogP contribution in [0.1, 0.15) is 0 Å². The maximum atomic E-state index is 6.11. The summed E-state index contributed by atoms with van der Waals surface area (Å²) in [6.45, 7) is 0. The molecule has 12 rings (SSSR count). The van der Waals surface area contributed by atoms with Crippen LogP contribution in [0, 0.1) is 0 Å². The van der Waals surface area contributed by atoms with Gasteiger partial charge in [-0.25, -0.2) is 0 Å². The van der Waals surface area contributed by atoms with Gasteiger partial charge in [-0.3, -0.25) is 0 Å². The third-order valence-electron chi connectivity index (χ3n) is 11.2. The van der Waals surface area contributed by atoms with Crippen molar-refractivity contribution in [1.82, 2.24) is 23.9 Å². The van der Waals surface area contributed by atoms with Gasteiger partial charge in [-0.05, 0) is 97.1 Å². The molecular formula is C50H31N5O. The highest BCUT2D eigenvalue weighted by atomic mass is 16.4. The van der Waals surface area contributed by atoms with E-state index in [4.69, 9.17) is 4.42 Å². The predicted octanol–water partition coefficient (Wildman–Crippen LogP) is 12.7. The second-order valence-electron chi connectivity index (χ2n) is 14.3. The topological polar surface area (TPSA) is 53.7 Å². The van der Waals surface area contributed by atoms with E-state index in [1.54, 1.807) is 0 Å². The van der Waals surface area contributed by atoms with E-state index in [0.29, 0.717) is 11.8 Å². The maximum Gasteiger partial charge on any atom is 0.248 e. The first-order valence-corrected chi connectivity index (χ1v) is 18.8. The van der Waals surface area contributed by atoms with Gasteiger partial charge in [-0.2, -0.15) is 0 Å². The second-order valence-corrected chi connectivity index (χ2v) is 14.3. The first-order chi connectivity index (χ1) is 27.8. The van der Waals surface area contributed by atoms with Crippen molar-refractivity contribution in [3.63, 3.8) is 0 Å². The van der Waals surface area contributed by atoms with Crippen LogP contribution < -0.4 is 0 Å². The highest BCUT2D eigenvalue weighted by molar-refractivity contribution is 6.14. The fourth-order valence-electron chi connectivity index (χ4n) is 8.75. The highest BCUT2D eigenvalue weighted by Crippen LogP contribution is 2.39. The Morgan fingerprint density at radius 2 is 0.625 bits per heavy atom. The minimum Gasteiger partial charge on any atom is -0.416 e. The molecular weight excluding hydrogens is 687 g/mol. The van der Waals surface area contributed by atoms with E-state index in [1.807, 2.05) is 30.3 Å². The predicted molar refractivity (Wildman–Crippen MR) is 228 cm³/mol. The largest absolute Gasteiger partial charge is 0.416 e. The van der Waals surface area contributed by atoms with Gasteiger partial charge in [0.25, 0.3) is 0 Å². The molecule has 56 heavy (non-hydrogen) atoms. The number of nitrogens with zero attached hydrogens (tertiary/aromatic N) is 5. The Hall–Kier alpha value is -7.70. The maximum absolute atomic E-state index is 6.11. The van der Waals surface area contributed by atoms with Crippen LogP contribution in [0.5, 0.6) is 0 Å². The van der Waals surface area contributed by atoms with Crippen molar-refractivity contribution in [2.75, 3.05) is 0 Å². The Balaban J connectivity index is 1.08. The summed E-state index contributed by atoms with van der Waals surface area (Å²) in [5.41, 5.74) is 12.1. The van der Waals surface area contributed by atoms with Gasteiger partial charge in [-0.1, -0.05) is 91.0 Å². The molecule has 0 saturated carbocycles. The van der Waals surface area contributed by atoms with E-state index in [2.05, 4.69) is 182 Å². The van der Waals surface area contributed by atoms with Gasteiger partial charge in [0, 0.05) is 60.5 Å². The third-order valence-corrected chi connectivity index (χ3v) is 11.2. The average Bonchev–Trinajstić information content (AvgIpc) is 4.04. The molecule has 0 bridgehead atoms. The Kier molecular flexibility index (Phi) is 6.53. The first-order valence-electron chi connectivity index (χ1n) is 18.8. The van der Waals surface area contributed by atoms with Gasteiger partial charge in [0.15, 0.2) is 0 Å². The standard InChI is InChI=1S/C50H31N5O/c1-2-12-32(13-3-1)49-51-52-50(56-49)33-22-24-34(25-23-33)53-47-28-26-35(54-43-18-8-4-14-37(43)38-15-5-9-19-44(38)54)30-41(47)42-31-36(27-29-48(42)53)55-45-20-10-6-16-39(45)40-17-7-11-21-46(40)55/h1-31H. The van der Waals surface area contributed by atoms with Gasteiger partial charge in [-0.15, -0.1) is 10.2 Å². The molecule has 0 aliphatic heterocycles. The number of aromatic nitrogens is 5. The van der Waals surface area contributed by atoms with Crippen LogP contribution in [-0.4, -0.2) is 23.9 Å². The number of rotatable bonds is 5. The van der Waals surface area contributed by atoms with Gasteiger partial charge in [0.1, 0.15) is 0 Å². The molecule has 0 fully saturated rings. The number of hydrogen-bond acceptors (Lipinski definition) is 3. The zero-order valence-corrected chi connectivity index (χ0v) is 30.0. The molecule has 0 radical (unpaired) electrons. The Bertz CT molecular complexity index is 3200. The fraction of sp³-hybridized carbons (Fsp3) is 0. The molecule has 0 saturated heterocycles. The molecule has 6 nitrogen and oxygen atoms in total. The fourth-order valence-corrected chi connectivity index (χ4v) is 8.75. The summed E-state index contributed by atoms with van der Waals surface area (Å²) >= 11 is 0. The molecule has 0 aliphatic carbocycles. The molecule has 262 valence electrons. The summed E-state index contributed by atoms with van der Waals surface area (Å²) in [7, 11) is 0. The van der Waals surface area contributed by atoms with Crippen molar-refractivity contribution in [2.45, 2.75) is 0 Å². The van der Waals surface area contributed by atoms with Crippen LogP contribution in [0.3, 0.4) is 0 Å². The van der Waals surface area contributed by atoms with Crippen molar-refractivity contribution in [1.29, 1.82) is 0 Å². The van der Waals surface area contributed by atoms with E-state index >= 15 is 0 Å². The Morgan fingerprint density at radius 3 is 1.07 bits per heavy atom.